The zero-order chi connectivity index (χ0) is 12.4. The third-order valence-electron chi connectivity index (χ3n) is 2.60. The predicted octanol–water partition coefficient (Wildman–Crippen LogP) is 2.85. The maximum atomic E-state index is 6.16. The Bertz CT molecular complexity index is 619. The van der Waals surface area contributed by atoms with Crippen LogP contribution in [0.4, 0.5) is 0 Å². The van der Waals surface area contributed by atoms with Gasteiger partial charge in [0.1, 0.15) is 5.01 Å². The zero-order valence-corrected chi connectivity index (χ0v) is 10.3. The van der Waals surface area contributed by atoms with E-state index in [4.69, 9.17) is 10.2 Å². The lowest BCUT2D eigenvalue weighted by Gasteiger charge is -2.06. The molecule has 3 rings (SSSR count). The molecule has 2 heterocycles. The highest BCUT2D eigenvalue weighted by Crippen LogP contribution is 2.28. The van der Waals surface area contributed by atoms with E-state index >= 15 is 0 Å². The average Bonchev–Trinajstić information content (AvgIpc) is 3.09. The molecule has 0 spiro atoms. The maximum Gasteiger partial charge on any atom is 0.183 e. The molecule has 0 amide bonds. The summed E-state index contributed by atoms with van der Waals surface area (Å²) in [5.74, 6) is 0.721. The van der Waals surface area contributed by atoms with Crippen LogP contribution in [0.2, 0.25) is 0 Å². The van der Waals surface area contributed by atoms with Crippen molar-refractivity contribution in [2.75, 3.05) is 0 Å². The van der Waals surface area contributed by atoms with Crippen LogP contribution in [0.5, 0.6) is 0 Å². The monoisotopic (exact) mass is 257 g/mol. The maximum absolute atomic E-state index is 6.16. The molecule has 4 nitrogen and oxygen atoms in total. The molecular formula is C13H11N3OS. The Kier molecular flexibility index (Phi) is 2.92. The SMILES string of the molecule is NC(c1ccccc1)c1nnc(-c2ccco2)s1. The molecule has 90 valence electrons. The summed E-state index contributed by atoms with van der Waals surface area (Å²) in [6.45, 7) is 0. The number of hydrogen-bond acceptors (Lipinski definition) is 5. The van der Waals surface area contributed by atoms with E-state index in [-0.39, 0.29) is 6.04 Å². The first kappa shape index (κ1) is 11.1. The van der Waals surface area contributed by atoms with Crippen molar-refractivity contribution < 1.29 is 4.42 Å². The number of nitrogens with two attached hydrogens (primary N) is 1. The molecule has 5 heteroatoms. The molecule has 0 saturated carbocycles. The van der Waals surface area contributed by atoms with E-state index in [0.717, 1.165) is 21.3 Å². The first-order valence-corrected chi connectivity index (χ1v) is 6.34. The molecule has 0 fully saturated rings. The molecule has 0 radical (unpaired) electrons. The molecule has 0 bridgehead atoms. The minimum atomic E-state index is -0.243. The summed E-state index contributed by atoms with van der Waals surface area (Å²) in [6.07, 6.45) is 1.62. The van der Waals surface area contributed by atoms with Crippen molar-refractivity contribution in [3.8, 4) is 10.8 Å². The number of nitrogens with zero attached hydrogens (tertiary/aromatic N) is 2. The van der Waals surface area contributed by atoms with Gasteiger partial charge in [0.15, 0.2) is 10.8 Å². The minimum absolute atomic E-state index is 0.243. The van der Waals surface area contributed by atoms with E-state index in [1.807, 2.05) is 42.5 Å². The molecular weight excluding hydrogens is 246 g/mol. The molecule has 0 saturated heterocycles. The van der Waals surface area contributed by atoms with E-state index in [1.165, 1.54) is 11.3 Å². The Labute approximate surface area is 108 Å². The number of rotatable bonds is 3. The second kappa shape index (κ2) is 4.72. The van der Waals surface area contributed by atoms with Gasteiger partial charge in [-0.05, 0) is 17.7 Å². The van der Waals surface area contributed by atoms with Crippen molar-refractivity contribution in [2.24, 2.45) is 5.73 Å². The number of benzene rings is 1. The van der Waals surface area contributed by atoms with Crippen molar-refractivity contribution in [1.82, 2.24) is 10.2 Å². The number of aromatic nitrogens is 2. The molecule has 1 aromatic carbocycles. The standard InChI is InChI=1S/C13H11N3OS/c14-11(9-5-2-1-3-6-9)13-16-15-12(18-13)10-7-4-8-17-10/h1-8,11H,14H2. The van der Waals surface area contributed by atoms with Crippen LogP contribution in [0.3, 0.4) is 0 Å². The third-order valence-corrected chi connectivity index (χ3v) is 3.62. The van der Waals surface area contributed by atoms with Gasteiger partial charge in [0, 0.05) is 0 Å². The van der Waals surface area contributed by atoms with E-state index < -0.39 is 0 Å². The minimum Gasteiger partial charge on any atom is -0.462 e. The molecule has 18 heavy (non-hydrogen) atoms. The van der Waals surface area contributed by atoms with E-state index in [2.05, 4.69) is 10.2 Å². The lowest BCUT2D eigenvalue weighted by molar-refractivity contribution is 0.581. The van der Waals surface area contributed by atoms with Crippen LogP contribution in [-0.2, 0) is 0 Å². The van der Waals surface area contributed by atoms with E-state index in [1.54, 1.807) is 6.26 Å². The van der Waals surface area contributed by atoms with Crippen molar-refractivity contribution >= 4 is 11.3 Å². The molecule has 1 atom stereocenters. The Balaban J connectivity index is 1.90. The van der Waals surface area contributed by atoms with E-state index in [9.17, 15) is 0 Å². The summed E-state index contributed by atoms with van der Waals surface area (Å²) in [4.78, 5) is 0. The van der Waals surface area contributed by atoms with Crippen LogP contribution in [-0.4, -0.2) is 10.2 Å². The fraction of sp³-hybridized carbons (Fsp3) is 0.0769. The smallest absolute Gasteiger partial charge is 0.183 e. The largest absolute Gasteiger partial charge is 0.462 e. The summed E-state index contributed by atoms with van der Waals surface area (Å²) in [7, 11) is 0. The topological polar surface area (TPSA) is 64.9 Å². The average molecular weight is 257 g/mol. The second-order valence-corrected chi connectivity index (χ2v) is 4.82. The summed E-state index contributed by atoms with van der Waals surface area (Å²) >= 11 is 1.45. The van der Waals surface area contributed by atoms with Crippen LogP contribution < -0.4 is 5.73 Å². The molecule has 1 unspecified atom stereocenters. The molecule has 2 aromatic heterocycles. The highest BCUT2D eigenvalue weighted by molar-refractivity contribution is 7.14. The van der Waals surface area contributed by atoms with Crippen LogP contribution in [0.1, 0.15) is 16.6 Å². The molecule has 0 aliphatic carbocycles. The Hall–Kier alpha value is -1.98. The Morgan fingerprint density at radius 2 is 1.89 bits per heavy atom. The van der Waals surface area contributed by atoms with Crippen molar-refractivity contribution in [3.05, 3.63) is 59.3 Å². The van der Waals surface area contributed by atoms with Gasteiger partial charge in [0.05, 0.1) is 12.3 Å². The van der Waals surface area contributed by atoms with Crippen LogP contribution in [0.15, 0.2) is 53.1 Å². The fourth-order valence-corrected chi connectivity index (χ4v) is 2.50. The van der Waals surface area contributed by atoms with Gasteiger partial charge in [-0.15, -0.1) is 10.2 Å². The molecule has 0 aliphatic heterocycles. The highest BCUT2D eigenvalue weighted by Gasteiger charge is 2.16. The summed E-state index contributed by atoms with van der Waals surface area (Å²) in [5.41, 5.74) is 7.19. The predicted molar refractivity (Wildman–Crippen MR) is 70.1 cm³/mol. The lowest BCUT2D eigenvalue weighted by Crippen LogP contribution is -2.11. The van der Waals surface area contributed by atoms with Crippen molar-refractivity contribution in [1.29, 1.82) is 0 Å². The van der Waals surface area contributed by atoms with Gasteiger partial charge in [-0.25, -0.2) is 0 Å². The van der Waals surface area contributed by atoms with E-state index in [0.29, 0.717) is 0 Å². The summed E-state index contributed by atoms with van der Waals surface area (Å²) in [6, 6.07) is 13.3. The van der Waals surface area contributed by atoms with Crippen molar-refractivity contribution in [2.45, 2.75) is 6.04 Å². The van der Waals surface area contributed by atoms with Gasteiger partial charge < -0.3 is 10.2 Å². The first-order valence-electron chi connectivity index (χ1n) is 5.52. The number of furan rings is 1. The highest BCUT2D eigenvalue weighted by atomic mass is 32.1. The van der Waals surface area contributed by atoms with Gasteiger partial charge in [-0.3, -0.25) is 0 Å². The normalized spacial score (nSPS) is 12.5. The number of hydrogen-bond donors (Lipinski definition) is 1. The van der Waals surface area contributed by atoms with Crippen LogP contribution in [0, 0.1) is 0 Å². The van der Waals surface area contributed by atoms with Gasteiger partial charge in [0.2, 0.25) is 0 Å². The van der Waals surface area contributed by atoms with Gasteiger partial charge >= 0.3 is 0 Å². The summed E-state index contributed by atoms with van der Waals surface area (Å²) in [5, 5.41) is 9.77. The Morgan fingerprint density at radius 1 is 1.06 bits per heavy atom. The fourth-order valence-electron chi connectivity index (χ4n) is 1.66. The lowest BCUT2D eigenvalue weighted by atomic mass is 10.1. The third kappa shape index (κ3) is 2.05. The van der Waals surface area contributed by atoms with Crippen molar-refractivity contribution in [3.63, 3.8) is 0 Å². The molecule has 2 N–H and O–H groups in total. The van der Waals surface area contributed by atoms with Gasteiger partial charge in [-0.1, -0.05) is 41.7 Å². The first-order chi connectivity index (χ1) is 8.84. The van der Waals surface area contributed by atoms with Gasteiger partial charge in [-0.2, -0.15) is 0 Å². The van der Waals surface area contributed by atoms with Crippen LogP contribution >= 0.6 is 11.3 Å². The zero-order valence-electron chi connectivity index (χ0n) is 9.48. The second-order valence-electron chi connectivity index (χ2n) is 3.81. The van der Waals surface area contributed by atoms with Gasteiger partial charge in [0.25, 0.3) is 0 Å². The molecule has 3 aromatic rings. The van der Waals surface area contributed by atoms with Crippen LogP contribution in [0.25, 0.3) is 10.8 Å². The quantitative estimate of drug-likeness (QED) is 0.783. The summed E-state index contributed by atoms with van der Waals surface area (Å²) < 4.78 is 5.29. The Morgan fingerprint density at radius 3 is 2.61 bits per heavy atom. The molecule has 0 aliphatic rings.